The van der Waals surface area contributed by atoms with E-state index in [1.165, 1.54) is 49.7 Å². The molecule has 0 spiro atoms. The molecule has 0 bridgehead atoms. The smallest absolute Gasteiger partial charge is 0.129 e. The van der Waals surface area contributed by atoms with Crippen LogP contribution >= 0.6 is 11.8 Å². The van der Waals surface area contributed by atoms with Gasteiger partial charge in [-0.2, -0.15) is 0 Å². The molecule has 4 rings (SSSR count). The first-order chi connectivity index (χ1) is 11.4. The maximum atomic E-state index is 6.61. The maximum Gasteiger partial charge on any atom is 0.129 e. The SMILES string of the molecule is c1ccc([C@@H]2O[C@@H]3CCCCCC[C@]3(c3ccccc3)S2)cc1. The lowest BCUT2D eigenvalue weighted by Gasteiger charge is -2.35. The van der Waals surface area contributed by atoms with Crippen molar-refractivity contribution in [1.82, 2.24) is 0 Å². The van der Waals surface area contributed by atoms with Gasteiger partial charge in [-0.15, -0.1) is 11.8 Å². The highest BCUT2D eigenvalue weighted by molar-refractivity contribution is 8.00. The first-order valence-electron chi connectivity index (χ1n) is 8.82. The maximum absolute atomic E-state index is 6.61. The zero-order chi connectivity index (χ0) is 15.5. The van der Waals surface area contributed by atoms with Gasteiger partial charge in [0.15, 0.2) is 0 Å². The number of fused-ring (bicyclic) bond motifs is 1. The van der Waals surface area contributed by atoms with E-state index in [-0.39, 0.29) is 10.2 Å². The van der Waals surface area contributed by atoms with Gasteiger partial charge in [0.1, 0.15) is 5.44 Å². The van der Waals surface area contributed by atoms with Crippen LogP contribution < -0.4 is 0 Å². The van der Waals surface area contributed by atoms with Crippen molar-refractivity contribution >= 4 is 11.8 Å². The van der Waals surface area contributed by atoms with Gasteiger partial charge in [0, 0.05) is 0 Å². The molecule has 1 saturated heterocycles. The lowest BCUT2D eigenvalue weighted by Crippen LogP contribution is -2.34. The molecule has 1 heterocycles. The van der Waals surface area contributed by atoms with Crippen molar-refractivity contribution < 1.29 is 4.74 Å². The Kier molecular flexibility index (Phi) is 4.46. The van der Waals surface area contributed by atoms with Crippen LogP contribution in [0.5, 0.6) is 0 Å². The zero-order valence-electron chi connectivity index (χ0n) is 13.5. The van der Waals surface area contributed by atoms with Crippen molar-refractivity contribution in [3.05, 3.63) is 71.8 Å². The van der Waals surface area contributed by atoms with Crippen molar-refractivity contribution in [2.45, 2.75) is 54.8 Å². The van der Waals surface area contributed by atoms with Gasteiger partial charge in [0.05, 0.1) is 10.9 Å². The van der Waals surface area contributed by atoms with Crippen LogP contribution in [0.2, 0.25) is 0 Å². The lowest BCUT2D eigenvalue weighted by atomic mass is 9.82. The number of ether oxygens (including phenoxy) is 1. The van der Waals surface area contributed by atoms with Gasteiger partial charge >= 0.3 is 0 Å². The number of thioether (sulfide) groups is 1. The molecular formula is C21H24OS. The molecule has 0 radical (unpaired) electrons. The topological polar surface area (TPSA) is 9.23 Å². The van der Waals surface area contributed by atoms with Crippen molar-refractivity contribution in [3.8, 4) is 0 Å². The van der Waals surface area contributed by atoms with E-state index in [0.29, 0.717) is 6.10 Å². The first-order valence-corrected chi connectivity index (χ1v) is 9.70. The summed E-state index contributed by atoms with van der Waals surface area (Å²) in [6.07, 6.45) is 8.06. The van der Waals surface area contributed by atoms with Crippen LogP contribution in [0, 0.1) is 0 Å². The molecule has 1 aliphatic heterocycles. The third-order valence-corrected chi connectivity index (χ3v) is 6.94. The molecule has 23 heavy (non-hydrogen) atoms. The summed E-state index contributed by atoms with van der Waals surface area (Å²) in [4.78, 5) is 0. The molecule has 120 valence electrons. The minimum absolute atomic E-state index is 0.127. The minimum Gasteiger partial charge on any atom is -0.358 e. The van der Waals surface area contributed by atoms with Gasteiger partial charge < -0.3 is 4.74 Å². The van der Waals surface area contributed by atoms with Crippen LogP contribution in [0.1, 0.15) is 55.1 Å². The first kappa shape index (κ1) is 15.3. The molecule has 0 aromatic heterocycles. The average Bonchev–Trinajstić information content (AvgIpc) is 2.96. The summed E-state index contributed by atoms with van der Waals surface area (Å²) < 4.78 is 6.73. The Bertz CT molecular complexity index is 627. The molecule has 0 amide bonds. The summed E-state index contributed by atoms with van der Waals surface area (Å²) >= 11 is 2.05. The second-order valence-corrected chi connectivity index (χ2v) is 8.09. The molecule has 1 saturated carbocycles. The Labute approximate surface area is 143 Å². The van der Waals surface area contributed by atoms with E-state index >= 15 is 0 Å². The summed E-state index contributed by atoms with van der Waals surface area (Å²) in [5, 5.41) is 0. The highest BCUT2D eigenvalue weighted by Gasteiger charge is 2.50. The summed E-state index contributed by atoms with van der Waals surface area (Å²) in [6.45, 7) is 0. The number of rotatable bonds is 2. The van der Waals surface area contributed by atoms with Gasteiger partial charge in [-0.25, -0.2) is 0 Å². The van der Waals surface area contributed by atoms with E-state index in [2.05, 4.69) is 60.7 Å². The molecule has 1 nitrogen and oxygen atoms in total. The van der Waals surface area contributed by atoms with Crippen LogP contribution in [0.4, 0.5) is 0 Å². The second-order valence-electron chi connectivity index (χ2n) is 6.69. The zero-order valence-corrected chi connectivity index (χ0v) is 14.3. The quantitative estimate of drug-likeness (QED) is 0.663. The van der Waals surface area contributed by atoms with E-state index in [9.17, 15) is 0 Å². The number of hydrogen-bond acceptors (Lipinski definition) is 2. The molecule has 2 aromatic rings. The Morgan fingerprint density at radius 1 is 0.826 bits per heavy atom. The Morgan fingerprint density at radius 2 is 1.52 bits per heavy atom. The van der Waals surface area contributed by atoms with E-state index in [0.717, 1.165) is 0 Å². The molecule has 0 unspecified atom stereocenters. The van der Waals surface area contributed by atoms with Crippen molar-refractivity contribution in [1.29, 1.82) is 0 Å². The number of benzene rings is 2. The second kappa shape index (κ2) is 6.70. The van der Waals surface area contributed by atoms with Crippen molar-refractivity contribution in [3.63, 3.8) is 0 Å². The molecule has 2 aliphatic rings. The molecule has 2 aromatic carbocycles. The normalized spacial score (nSPS) is 31.1. The van der Waals surface area contributed by atoms with Crippen LogP contribution in [0.25, 0.3) is 0 Å². The molecule has 2 fully saturated rings. The molecule has 0 N–H and O–H groups in total. The average molecular weight is 324 g/mol. The van der Waals surface area contributed by atoms with E-state index in [1.54, 1.807) is 0 Å². The fraction of sp³-hybridized carbons (Fsp3) is 0.429. The van der Waals surface area contributed by atoms with Crippen LogP contribution in [-0.4, -0.2) is 6.10 Å². The highest BCUT2D eigenvalue weighted by atomic mass is 32.2. The lowest BCUT2D eigenvalue weighted by molar-refractivity contribution is 0.0187. The molecule has 2 heteroatoms. The van der Waals surface area contributed by atoms with E-state index < -0.39 is 0 Å². The number of hydrogen-bond donors (Lipinski definition) is 0. The van der Waals surface area contributed by atoms with Crippen LogP contribution in [0.3, 0.4) is 0 Å². The monoisotopic (exact) mass is 324 g/mol. The Balaban J connectivity index is 1.71. The van der Waals surface area contributed by atoms with Gasteiger partial charge in [0.2, 0.25) is 0 Å². The fourth-order valence-corrected chi connectivity index (χ4v) is 5.75. The summed E-state index contributed by atoms with van der Waals surface area (Å²) in [5.41, 5.74) is 2.93. The largest absolute Gasteiger partial charge is 0.358 e. The van der Waals surface area contributed by atoms with Gasteiger partial charge in [-0.1, -0.05) is 86.3 Å². The van der Waals surface area contributed by atoms with Crippen molar-refractivity contribution in [2.24, 2.45) is 0 Å². The third-order valence-electron chi connectivity index (χ3n) is 5.22. The summed E-state index contributed by atoms with van der Waals surface area (Å²) in [5.74, 6) is 0. The van der Waals surface area contributed by atoms with E-state index in [1.807, 2.05) is 11.8 Å². The fourth-order valence-electron chi connectivity index (χ4n) is 4.02. The highest BCUT2D eigenvalue weighted by Crippen LogP contribution is 2.60. The van der Waals surface area contributed by atoms with Crippen molar-refractivity contribution in [2.75, 3.05) is 0 Å². The van der Waals surface area contributed by atoms with Gasteiger partial charge in [-0.3, -0.25) is 0 Å². The third kappa shape index (κ3) is 2.95. The van der Waals surface area contributed by atoms with Gasteiger partial charge in [-0.05, 0) is 24.0 Å². The summed E-state index contributed by atoms with van der Waals surface area (Å²) in [7, 11) is 0. The molecule has 3 atom stereocenters. The predicted molar refractivity (Wildman–Crippen MR) is 97.5 cm³/mol. The summed E-state index contributed by atoms with van der Waals surface area (Å²) in [6, 6.07) is 21.8. The van der Waals surface area contributed by atoms with Gasteiger partial charge in [0.25, 0.3) is 0 Å². The Morgan fingerprint density at radius 3 is 2.30 bits per heavy atom. The Hall–Kier alpha value is -1.25. The molecule has 1 aliphatic carbocycles. The molecular weight excluding hydrogens is 300 g/mol. The minimum atomic E-state index is 0.127. The standard InChI is InChI=1S/C21H24OS/c1-2-10-16-21(18-13-7-4-8-14-18)19(15-9-1)22-20(23-21)17-11-5-3-6-12-17/h3-8,11-14,19-20H,1-2,9-10,15-16H2/t19-,20-,21-/m1/s1. The van der Waals surface area contributed by atoms with E-state index in [4.69, 9.17) is 4.74 Å². The van der Waals surface area contributed by atoms with Crippen LogP contribution in [-0.2, 0) is 9.48 Å². The van der Waals surface area contributed by atoms with Crippen LogP contribution in [0.15, 0.2) is 60.7 Å². The predicted octanol–water partition coefficient (Wildman–Crippen LogP) is 6.07.